The van der Waals surface area contributed by atoms with E-state index in [9.17, 15) is 9.90 Å². The Bertz CT molecular complexity index is 627. The van der Waals surface area contributed by atoms with Gasteiger partial charge in [0.1, 0.15) is 6.04 Å². The van der Waals surface area contributed by atoms with Crippen LogP contribution in [0.2, 0.25) is 0 Å². The molecule has 0 aromatic carbocycles. The number of carboxylic acid groups (broad SMARTS) is 1. The lowest BCUT2D eigenvalue weighted by Crippen LogP contribution is -2.39. The molecule has 1 fully saturated rings. The summed E-state index contributed by atoms with van der Waals surface area (Å²) in [6, 6.07) is 5.74. The van der Waals surface area contributed by atoms with E-state index in [1.807, 2.05) is 30.6 Å². The molecule has 1 saturated heterocycles. The molecule has 0 amide bonds. The Hall–Kier alpha value is -1.72. The molecule has 0 aliphatic carbocycles. The number of carbonyl (C=O) groups is 1. The number of aliphatic carboxylic acids is 1. The number of aromatic nitrogens is 1. The first-order chi connectivity index (χ1) is 10.2. The number of hydrogen-bond acceptors (Lipinski definition) is 4. The van der Waals surface area contributed by atoms with E-state index in [0.29, 0.717) is 0 Å². The number of nitrogens with zero attached hydrogens (tertiary/aromatic N) is 2. The van der Waals surface area contributed by atoms with Gasteiger partial charge in [0.25, 0.3) is 0 Å². The average Bonchev–Trinajstić information content (AvgIpc) is 3.13. The van der Waals surface area contributed by atoms with Crippen molar-refractivity contribution in [2.45, 2.75) is 31.8 Å². The highest BCUT2D eigenvalue weighted by molar-refractivity contribution is 7.10. The smallest absolute Gasteiger partial charge is 0.320 e. The second-order valence-corrected chi connectivity index (χ2v) is 6.36. The van der Waals surface area contributed by atoms with Gasteiger partial charge in [-0.3, -0.25) is 14.7 Å². The van der Waals surface area contributed by atoms with Gasteiger partial charge in [0.15, 0.2) is 0 Å². The lowest BCUT2D eigenvalue weighted by atomic mass is 9.99. The summed E-state index contributed by atoms with van der Waals surface area (Å²) in [4.78, 5) is 19.0. The monoisotopic (exact) mass is 302 g/mol. The number of rotatable bonds is 4. The Morgan fingerprint density at radius 2 is 2.38 bits per heavy atom. The van der Waals surface area contributed by atoms with Gasteiger partial charge in [-0.2, -0.15) is 0 Å². The number of carboxylic acids is 1. The summed E-state index contributed by atoms with van der Waals surface area (Å²) in [6.07, 6.45) is 5.29. The van der Waals surface area contributed by atoms with Crippen LogP contribution in [0.25, 0.3) is 0 Å². The van der Waals surface area contributed by atoms with Gasteiger partial charge < -0.3 is 5.11 Å². The maximum absolute atomic E-state index is 11.6. The SMILES string of the molecule is Cc1cnccc1C(c1cccs1)N1CCCC1C(=O)O. The molecule has 2 atom stereocenters. The summed E-state index contributed by atoms with van der Waals surface area (Å²) >= 11 is 1.68. The third kappa shape index (κ3) is 2.71. The van der Waals surface area contributed by atoms with E-state index >= 15 is 0 Å². The van der Waals surface area contributed by atoms with Gasteiger partial charge in [-0.05, 0) is 48.4 Å². The minimum atomic E-state index is -0.722. The fraction of sp³-hybridized carbons (Fsp3) is 0.375. The summed E-state index contributed by atoms with van der Waals surface area (Å²) in [5.41, 5.74) is 2.26. The number of pyridine rings is 1. The molecule has 1 aliphatic rings. The van der Waals surface area contributed by atoms with Crippen molar-refractivity contribution in [3.8, 4) is 0 Å². The van der Waals surface area contributed by atoms with Crippen LogP contribution in [0, 0.1) is 6.92 Å². The van der Waals surface area contributed by atoms with E-state index in [4.69, 9.17) is 0 Å². The van der Waals surface area contributed by atoms with Crippen LogP contribution < -0.4 is 0 Å². The van der Waals surface area contributed by atoms with Crippen molar-refractivity contribution in [1.82, 2.24) is 9.88 Å². The molecule has 2 unspecified atom stereocenters. The number of thiophene rings is 1. The van der Waals surface area contributed by atoms with Crippen LogP contribution in [0.1, 0.15) is 34.9 Å². The van der Waals surface area contributed by atoms with Crippen molar-refractivity contribution >= 4 is 17.3 Å². The molecule has 1 N–H and O–H groups in total. The quantitative estimate of drug-likeness (QED) is 0.943. The van der Waals surface area contributed by atoms with Gasteiger partial charge in [-0.15, -0.1) is 11.3 Å². The van der Waals surface area contributed by atoms with E-state index in [2.05, 4.69) is 16.0 Å². The highest BCUT2D eigenvalue weighted by Crippen LogP contribution is 2.37. The van der Waals surface area contributed by atoms with E-state index in [1.54, 1.807) is 17.5 Å². The number of likely N-dealkylation sites (tertiary alicyclic amines) is 1. The van der Waals surface area contributed by atoms with Gasteiger partial charge in [0.2, 0.25) is 0 Å². The van der Waals surface area contributed by atoms with E-state index in [0.717, 1.165) is 30.5 Å². The molecule has 110 valence electrons. The Balaban J connectivity index is 2.05. The summed E-state index contributed by atoms with van der Waals surface area (Å²) in [5, 5.41) is 11.5. The van der Waals surface area contributed by atoms with Gasteiger partial charge in [-0.1, -0.05) is 6.07 Å². The molecule has 3 rings (SSSR count). The fourth-order valence-electron chi connectivity index (χ4n) is 3.10. The van der Waals surface area contributed by atoms with Crippen LogP contribution in [-0.2, 0) is 4.79 Å². The standard InChI is InChI=1S/C16H18N2O2S/c1-11-10-17-7-6-12(11)15(14-5-3-9-21-14)18-8-2-4-13(18)16(19)20/h3,5-7,9-10,13,15H,2,4,8H2,1H3,(H,19,20). The molecular formula is C16H18N2O2S. The zero-order valence-corrected chi connectivity index (χ0v) is 12.7. The summed E-state index contributed by atoms with van der Waals surface area (Å²) in [6.45, 7) is 2.86. The van der Waals surface area contributed by atoms with Gasteiger partial charge >= 0.3 is 5.97 Å². The van der Waals surface area contributed by atoms with Crippen molar-refractivity contribution in [3.05, 3.63) is 52.0 Å². The van der Waals surface area contributed by atoms with Crippen molar-refractivity contribution in [2.24, 2.45) is 0 Å². The molecule has 0 radical (unpaired) electrons. The second-order valence-electron chi connectivity index (χ2n) is 5.38. The molecule has 0 saturated carbocycles. The molecule has 3 heterocycles. The van der Waals surface area contributed by atoms with E-state index in [-0.39, 0.29) is 6.04 Å². The van der Waals surface area contributed by atoms with Gasteiger partial charge in [0.05, 0.1) is 6.04 Å². The zero-order valence-electron chi connectivity index (χ0n) is 11.9. The highest BCUT2D eigenvalue weighted by atomic mass is 32.1. The van der Waals surface area contributed by atoms with Crippen molar-refractivity contribution < 1.29 is 9.90 Å². The minimum absolute atomic E-state index is 0.0107. The Morgan fingerprint density at radius 1 is 1.52 bits per heavy atom. The molecule has 0 spiro atoms. The molecule has 1 aliphatic heterocycles. The molecule has 2 aromatic rings. The largest absolute Gasteiger partial charge is 0.480 e. The Kier molecular flexibility index (Phi) is 4.03. The van der Waals surface area contributed by atoms with Gasteiger partial charge in [-0.25, -0.2) is 0 Å². The average molecular weight is 302 g/mol. The first-order valence-corrected chi connectivity index (χ1v) is 7.99. The zero-order chi connectivity index (χ0) is 14.8. The molecular weight excluding hydrogens is 284 g/mol. The van der Waals surface area contributed by atoms with Crippen molar-refractivity contribution in [3.63, 3.8) is 0 Å². The highest BCUT2D eigenvalue weighted by Gasteiger charge is 2.37. The van der Waals surface area contributed by atoms with Crippen LogP contribution in [-0.4, -0.2) is 33.5 Å². The minimum Gasteiger partial charge on any atom is -0.480 e. The molecule has 21 heavy (non-hydrogen) atoms. The lowest BCUT2D eigenvalue weighted by molar-refractivity contribution is -0.142. The van der Waals surface area contributed by atoms with Crippen LogP contribution in [0.5, 0.6) is 0 Å². The van der Waals surface area contributed by atoms with Crippen LogP contribution in [0.4, 0.5) is 0 Å². The Labute approximate surface area is 128 Å². The molecule has 4 nitrogen and oxygen atoms in total. The summed E-state index contributed by atoms with van der Waals surface area (Å²) in [7, 11) is 0. The van der Waals surface area contributed by atoms with Crippen molar-refractivity contribution in [2.75, 3.05) is 6.54 Å². The van der Waals surface area contributed by atoms with E-state index < -0.39 is 12.0 Å². The van der Waals surface area contributed by atoms with Crippen molar-refractivity contribution in [1.29, 1.82) is 0 Å². The second kappa shape index (κ2) is 5.95. The van der Waals surface area contributed by atoms with Crippen LogP contribution >= 0.6 is 11.3 Å². The fourth-order valence-corrected chi connectivity index (χ4v) is 3.96. The summed E-state index contributed by atoms with van der Waals surface area (Å²) in [5.74, 6) is -0.722. The lowest BCUT2D eigenvalue weighted by Gasteiger charge is -2.31. The predicted molar refractivity (Wildman–Crippen MR) is 82.5 cm³/mol. The molecule has 5 heteroatoms. The normalized spacial score (nSPS) is 20.5. The third-order valence-corrected chi connectivity index (χ3v) is 5.01. The molecule has 0 bridgehead atoms. The molecule has 2 aromatic heterocycles. The van der Waals surface area contributed by atoms with Crippen LogP contribution in [0.15, 0.2) is 36.0 Å². The number of hydrogen-bond donors (Lipinski definition) is 1. The van der Waals surface area contributed by atoms with Gasteiger partial charge in [0, 0.05) is 23.8 Å². The van der Waals surface area contributed by atoms with Crippen LogP contribution in [0.3, 0.4) is 0 Å². The van der Waals surface area contributed by atoms with E-state index in [1.165, 1.54) is 4.88 Å². The number of aryl methyl sites for hydroxylation is 1. The first kappa shape index (κ1) is 14.2. The topological polar surface area (TPSA) is 53.4 Å². The maximum Gasteiger partial charge on any atom is 0.320 e. The first-order valence-electron chi connectivity index (χ1n) is 7.11. The maximum atomic E-state index is 11.6. The third-order valence-electron chi connectivity index (χ3n) is 4.08. The summed E-state index contributed by atoms with van der Waals surface area (Å²) < 4.78 is 0. The predicted octanol–water partition coefficient (Wildman–Crippen LogP) is 3.09. The Morgan fingerprint density at radius 3 is 3.05 bits per heavy atom.